The Balaban J connectivity index is 1.64. The summed E-state index contributed by atoms with van der Waals surface area (Å²) in [6.45, 7) is 3.25. The van der Waals surface area contributed by atoms with Gasteiger partial charge >= 0.3 is 0 Å². The van der Waals surface area contributed by atoms with Crippen LogP contribution in [0.5, 0.6) is 0 Å². The Morgan fingerprint density at radius 1 is 1.10 bits per heavy atom. The number of hydrogen-bond acceptors (Lipinski definition) is 6. The molecule has 0 radical (unpaired) electrons. The zero-order valence-corrected chi connectivity index (χ0v) is 16.5. The first-order valence-electron chi connectivity index (χ1n) is 10.2. The molecule has 0 bridgehead atoms. The van der Waals surface area contributed by atoms with Crippen LogP contribution in [0.2, 0.25) is 0 Å². The number of piperidine rings is 2. The van der Waals surface area contributed by atoms with E-state index in [1.54, 1.807) is 12.1 Å². The number of carbonyl (C=O) groups excluding carboxylic acids is 4. The maximum absolute atomic E-state index is 13.2. The van der Waals surface area contributed by atoms with Crippen LogP contribution in [-0.2, 0) is 16.1 Å². The van der Waals surface area contributed by atoms with Gasteiger partial charge in [-0.1, -0.05) is 18.6 Å². The average molecular weight is 398 g/mol. The number of nitrogens with one attached hydrogen (secondary N) is 1. The van der Waals surface area contributed by atoms with Gasteiger partial charge in [-0.05, 0) is 37.8 Å². The molecule has 1 aromatic rings. The minimum Gasteiger partial charge on any atom is -0.329 e. The summed E-state index contributed by atoms with van der Waals surface area (Å²) in [5.74, 6) is -1.90. The molecule has 0 aliphatic carbocycles. The molecular formula is C21H26N4O4. The quantitative estimate of drug-likeness (QED) is 0.725. The predicted octanol–water partition coefficient (Wildman–Crippen LogP) is 0.790. The highest BCUT2D eigenvalue weighted by molar-refractivity contribution is 6.24. The lowest BCUT2D eigenvalue weighted by Crippen LogP contribution is -2.54. The highest BCUT2D eigenvalue weighted by Crippen LogP contribution is 2.32. The minimum absolute atomic E-state index is 0.111. The molecule has 1 unspecified atom stereocenters. The van der Waals surface area contributed by atoms with Crippen LogP contribution >= 0.6 is 0 Å². The van der Waals surface area contributed by atoms with E-state index < -0.39 is 23.8 Å². The Labute approximate surface area is 169 Å². The van der Waals surface area contributed by atoms with Gasteiger partial charge in [-0.3, -0.25) is 34.3 Å². The number of amides is 4. The number of likely N-dealkylation sites (tertiary alicyclic amines) is 1. The summed E-state index contributed by atoms with van der Waals surface area (Å²) >= 11 is 0. The van der Waals surface area contributed by atoms with Gasteiger partial charge in [0.1, 0.15) is 6.04 Å². The van der Waals surface area contributed by atoms with Gasteiger partial charge in [-0.25, -0.2) is 0 Å². The Bertz CT molecular complexity index is 883. The summed E-state index contributed by atoms with van der Waals surface area (Å²) in [5, 5.41) is 2.23. The first-order chi connectivity index (χ1) is 13.9. The van der Waals surface area contributed by atoms with Crippen LogP contribution in [0, 0.1) is 0 Å². The summed E-state index contributed by atoms with van der Waals surface area (Å²) in [6, 6.07) is 4.91. The molecule has 2 saturated heterocycles. The van der Waals surface area contributed by atoms with E-state index in [4.69, 9.17) is 5.73 Å². The second kappa shape index (κ2) is 7.68. The van der Waals surface area contributed by atoms with Crippen molar-refractivity contribution in [3.63, 3.8) is 0 Å². The fraction of sp³-hybridized carbons (Fsp3) is 0.524. The van der Waals surface area contributed by atoms with E-state index in [1.165, 1.54) is 0 Å². The molecule has 4 rings (SSSR count). The van der Waals surface area contributed by atoms with Crippen molar-refractivity contribution in [1.82, 2.24) is 15.1 Å². The summed E-state index contributed by atoms with van der Waals surface area (Å²) < 4.78 is 0. The van der Waals surface area contributed by atoms with Gasteiger partial charge in [-0.2, -0.15) is 0 Å². The summed E-state index contributed by atoms with van der Waals surface area (Å²) in [7, 11) is 0. The van der Waals surface area contributed by atoms with Crippen molar-refractivity contribution in [3.05, 3.63) is 34.9 Å². The standard InChI is InChI=1S/C21H26N4O4/c1-12-4-2-6-14(10-22)24(12)11-13-5-3-7-15-18(13)21(29)25(20(15)28)16-8-9-17(26)23-19(16)27/h3,5,7,12,14,16H,2,4,6,8-11,22H2,1H3,(H,23,26,27)/t12-,14-,16?/m1/s1. The summed E-state index contributed by atoms with van der Waals surface area (Å²) in [5.41, 5.74) is 7.45. The molecule has 3 N–H and O–H groups in total. The lowest BCUT2D eigenvalue weighted by molar-refractivity contribution is -0.136. The van der Waals surface area contributed by atoms with Crippen LogP contribution in [-0.4, -0.2) is 58.1 Å². The van der Waals surface area contributed by atoms with Gasteiger partial charge in [0, 0.05) is 31.6 Å². The minimum atomic E-state index is -0.946. The van der Waals surface area contributed by atoms with Crippen LogP contribution in [0.25, 0.3) is 0 Å². The molecular weight excluding hydrogens is 372 g/mol. The van der Waals surface area contributed by atoms with Crippen molar-refractivity contribution in [2.24, 2.45) is 5.73 Å². The van der Waals surface area contributed by atoms with Crippen molar-refractivity contribution in [1.29, 1.82) is 0 Å². The number of rotatable bonds is 4. The topological polar surface area (TPSA) is 113 Å². The van der Waals surface area contributed by atoms with Gasteiger partial charge in [0.2, 0.25) is 11.8 Å². The molecule has 3 heterocycles. The summed E-state index contributed by atoms with van der Waals surface area (Å²) in [6.07, 6.45) is 3.49. The third kappa shape index (κ3) is 3.36. The Kier molecular flexibility index (Phi) is 5.23. The highest BCUT2D eigenvalue weighted by Gasteiger charge is 2.45. The number of benzene rings is 1. The lowest BCUT2D eigenvalue weighted by Gasteiger charge is -2.40. The lowest BCUT2D eigenvalue weighted by atomic mass is 9.94. The van der Waals surface area contributed by atoms with Gasteiger partial charge in [0.25, 0.3) is 11.8 Å². The highest BCUT2D eigenvalue weighted by atomic mass is 16.2. The van der Waals surface area contributed by atoms with Crippen LogP contribution in [0.3, 0.4) is 0 Å². The van der Waals surface area contributed by atoms with Crippen LogP contribution < -0.4 is 11.1 Å². The first-order valence-corrected chi connectivity index (χ1v) is 10.2. The molecule has 0 spiro atoms. The second-order valence-electron chi connectivity index (χ2n) is 8.13. The van der Waals surface area contributed by atoms with Gasteiger partial charge in [0.05, 0.1) is 11.1 Å². The molecule has 3 aliphatic heterocycles. The zero-order chi connectivity index (χ0) is 20.7. The average Bonchev–Trinajstić information content (AvgIpc) is 2.95. The molecule has 4 amide bonds. The molecule has 3 atom stereocenters. The SMILES string of the molecule is C[C@@H]1CCC[C@H](CN)N1Cc1cccc2c1C(=O)N(C1CCC(=O)NC1=O)C2=O. The van der Waals surface area contributed by atoms with Gasteiger partial charge in [0.15, 0.2) is 0 Å². The molecule has 29 heavy (non-hydrogen) atoms. The summed E-state index contributed by atoms with van der Waals surface area (Å²) in [4.78, 5) is 53.2. The van der Waals surface area contributed by atoms with E-state index >= 15 is 0 Å². The number of nitrogens with zero attached hydrogens (tertiary/aromatic N) is 2. The molecule has 154 valence electrons. The van der Waals surface area contributed by atoms with Crippen molar-refractivity contribution in [2.75, 3.05) is 6.54 Å². The van der Waals surface area contributed by atoms with Gasteiger partial charge < -0.3 is 5.73 Å². The fourth-order valence-corrected chi connectivity index (χ4v) is 4.79. The Hall–Kier alpha value is -2.58. The first kappa shape index (κ1) is 19.7. The van der Waals surface area contributed by atoms with Crippen LogP contribution in [0.15, 0.2) is 18.2 Å². The molecule has 8 heteroatoms. The molecule has 1 aromatic carbocycles. The largest absolute Gasteiger partial charge is 0.329 e. The third-order valence-corrected chi connectivity index (χ3v) is 6.37. The van der Waals surface area contributed by atoms with Gasteiger partial charge in [-0.15, -0.1) is 0 Å². The zero-order valence-electron chi connectivity index (χ0n) is 16.5. The van der Waals surface area contributed by atoms with Crippen molar-refractivity contribution < 1.29 is 19.2 Å². The maximum Gasteiger partial charge on any atom is 0.262 e. The van der Waals surface area contributed by atoms with E-state index in [2.05, 4.69) is 17.1 Å². The Morgan fingerprint density at radius 3 is 2.62 bits per heavy atom. The van der Waals surface area contributed by atoms with Crippen LogP contribution in [0.4, 0.5) is 0 Å². The van der Waals surface area contributed by atoms with Crippen LogP contribution in [0.1, 0.15) is 65.3 Å². The van der Waals surface area contributed by atoms with E-state index in [0.717, 1.165) is 29.7 Å². The maximum atomic E-state index is 13.2. The van der Waals surface area contributed by atoms with Crippen molar-refractivity contribution in [3.8, 4) is 0 Å². The second-order valence-corrected chi connectivity index (χ2v) is 8.13. The molecule has 3 aliphatic rings. The number of nitrogens with two attached hydrogens (primary N) is 1. The third-order valence-electron chi connectivity index (χ3n) is 6.37. The molecule has 0 saturated carbocycles. The monoisotopic (exact) mass is 398 g/mol. The molecule has 2 fully saturated rings. The predicted molar refractivity (Wildman–Crippen MR) is 105 cm³/mol. The smallest absolute Gasteiger partial charge is 0.262 e. The Morgan fingerprint density at radius 2 is 1.90 bits per heavy atom. The molecule has 0 aromatic heterocycles. The van der Waals surface area contributed by atoms with E-state index in [0.29, 0.717) is 30.3 Å². The van der Waals surface area contributed by atoms with Crippen molar-refractivity contribution >= 4 is 23.6 Å². The van der Waals surface area contributed by atoms with E-state index in [-0.39, 0.29) is 24.8 Å². The number of fused-ring (bicyclic) bond motifs is 1. The number of imide groups is 2. The van der Waals surface area contributed by atoms with E-state index in [9.17, 15) is 19.2 Å². The normalized spacial score (nSPS) is 27.9. The number of hydrogen-bond donors (Lipinski definition) is 2. The molecule has 8 nitrogen and oxygen atoms in total. The van der Waals surface area contributed by atoms with Crippen molar-refractivity contribution in [2.45, 2.75) is 63.7 Å². The van der Waals surface area contributed by atoms with E-state index in [1.807, 2.05) is 6.07 Å². The number of carbonyl (C=O) groups is 4. The fourth-order valence-electron chi connectivity index (χ4n) is 4.79.